The quantitative estimate of drug-likeness (QED) is 0.732. The largest absolute Gasteiger partial charge is 0.352 e. The van der Waals surface area contributed by atoms with Crippen molar-refractivity contribution in [3.63, 3.8) is 0 Å². The highest BCUT2D eigenvalue weighted by atomic mass is 79.9. The number of hydrogen-bond acceptors (Lipinski definition) is 1. The van der Waals surface area contributed by atoms with Crippen LogP contribution >= 0.6 is 15.9 Å². The third-order valence-corrected chi connectivity index (χ3v) is 5.09. The molecule has 1 fully saturated rings. The Kier molecular flexibility index (Phi) is 5.86. The molecule has 1 aromatic carbocycles. The van der Waals surface area contributed by atoms with E-state index >= 15 is 0 Å². The molecule has 0 atom stereocenters. The van der Waals surface area contributed by atoms with Gasteiger partial charge in [-0.3, -0.25) is 4.79 Å². The van der Waals surface area contributed by atoms with Gasteiger partial charge in [0.25, 0.3) is 0 Å². The maximum absolute atomic E-state index is 12.7. The van der Waals surface area contributed by atoms with E-state index < -0.39 is 0 Å². The normalized spacial score (nSPS) is 17.1. The highest BCUT2D eigenvalue weighted by molar-refractivity contribution is 9.08. The molecule has 0 aromatic heterocycles. The molecular weight excluding hydrogens is 326 g/mol. The third kappa shape index (κ3) is 4.32. The highest BCUT2D eigenvalue weighted by Crippen LogP contribution is 2.43. The zero-order valence-electron chi connectivity index (χ0n) is 13.1. The summed E-state index contributed by atoms with van der Waals surface area (Å²) in [6.07, 6.45) is 5.51. The van der Waals surface area contributed by atoms with Crippen LogP contribution in [0.2, 0.25) is 0 Å². The lowest BCUT2D eigenvalue weighted by atomic mass is 9.77. The fraction of sp³-hybridized carbons (Fsp3) is 0.611. The monoisotopic (exact) mass is 351 g/mol. The van der Waals surface area contributed by atoms with E-state index in [1.807, 2.05) is 0 Å². The molecule has 0 aliphatic heterocycles. The summed E-state index contributed by atoms with van der Waals surface area (Å²) < 4.78 is 0. The van der Waals surface area contributed by atoms with Crippen LogP contribution in [0.1, 0.15) is 57.1 Å². The van der Waals surface area contributed by atoms with Gasteiger partial charge in [0.15, 0.2) is 0 Å². The smallest absolute Gasteiger partial charge is 0.226 e. The first-order valence-electron chi connectivity index (χ1n) is 7.98. The second-order valence-corrected chi connectivity index (χ2v) is 7.28. The van der Waals surface area contributed by atoms with Gasteiger partial charge in [0.05, 0.1) is 0 Å². The summed E-state index contributed by atoms with van der Waals surface area (Å²) in [5.74, 6) is 0.837. The van der Waals surface area contributed by atoms with Crippen LogP contribution in [-0.4, -0.2) is 5.91 Å². The minimum atomic E-state index is -0.110. The molecule has 0 saturated heterocycles. The van der Waals surface area contributed by atoms with Crippen molar-refractivity contribution in [2.45, 2.75) is 57.8 Å². The molecule has 0 unspecified atom stereocenters. The van der Waals surface area contributed by atoms with Crippen molar-refractivity contribution in [2.75, 3.05) is 0 Å². The van der Waals surface area contributed by atoms with Gasteiger partial charge in [0.2, 0.25) is 5.91 Å². The zero-order valence-corrected chi connectivity index (χ0v) is 14.7. The Bertz CT molecular complexity index is 478. The van der Waals surface area contributed by atoms with Gasteiger partial charge < -0.3 is 5.32 Å². The summed E-state index contributed by atoms with van der Waals surface area (Å²) in [6, 6.07) is 8.38. The van der Waals surface area contributed by atoms with Gasteiger partial charge in [0.1, 0.15) is 0 Å². The summed E-state index contributed by atoms with van der Waals surface area (Å²) in [5, 5.41) is 4.04. The minimum absolute atomic E-state index is 0.110. The Hall–Kier alpha value is -0.830. The standard InChI is InChI=1S/C18H26BrNO/c1-14(2)11-18(8-3-4-9-18)17(21)20-13-16-7-5-6-15(10-16)12-19/h5-7,10,14H,3-4,8-9,11-13H2,1-2H3,(H,20,21). The van der Waals surface area contributed by atoms with Crippen LogP contribution in [0.5, 0.6) is 0 Å². The lowest BCUT2D eigenvalue weighted by Gasteiger charge is -2.29. The number of rotatable bonds is 6. The zero-order chi connectivity index (χ0) is 15.3. The van der Waals surface area contributed by atoms with Gasteiger partial charge in [0, 0.05) is 17.3 Å². The van der Waals surface area contributed by atoms with Gasteiger partial charge in [-0.2, -0.15) is 0 Å². The maximum atomic E-state index is 12.7. The van der Waals surface area contributed by atoms with Crippen LogP contribution < -0.4 is 5.32 Å². The predicted molar refractivity (Wildman–Crippen MR) is 91.3 cm³/mol. The topological polar surface area (TPSA) is 29.1 Å². The van der Waals surface area contributed by atoms with Crippen molar-refractivity contribution < 1.29 is 4.79 Å². The Morgan fingerprint density at radius 2 is 1.95 bits per heavy atom. The number of hydrogen-bond donors (Lipinski definition) is 1. The number of amides is 1. The molecule has 1 saturated carbocycles. The maximum Gasteiger partial charge on any atom is 0.226 e. The molecule has 116 valence electrons. The summed E-state index contributed by atoms with van der Waals surface area (Å²) in [5.41, 5.74) is 2.32. The molecule has 0 spiro atoms. The molecule has 0 heterocycles. The van der Waals surface area contributed by atoms with Crippen molar-refractivity contribution in [1.29, 1.82) is 0 Å². The van der Waals surface area contributed by atoms with E-state index in [9.17, 15) is 4.79 Å². The average molecular weight is 352 g/mol. The summed E-state index contributed by atoms with van der Waals surface area (Å²) >= 11 is 3.47. The number of alkyl halides is 1. The first kappa shape index (κ1) is 16.5. The number of benzene rings is 1. The molecule has 21 heavy (non-hydrogen) atoms. The Balaban J connectivity index is 1.99. The Morgan fingerprint density at radius 3 is 2.57 bits per heavy atom. The number of carbonyl (C=O) groups excluding carboxylic acids is 1. The van der Waals surface area contributed by atoms with Gasteiger partial charge in [-0.1, -0.05) is 66.9 Å². The van der Waals surface area contributed by atoms with Crippen molar-refractivity contribution in [2.24, 2.45) is 11.3 Å². The Labute approximate surface area is 136 Å². The second-order valence-electron chi connectivity index (χ2n) is 6.72. The minimum Gasteiger partial charge on any atom is -0.352 e. The van der Waals surface area contributed by atoms with Gasteiger partial charge in [-0.25, -0.2) is 0 Å². The van der Waals surface area contributed by atoms with Crippen LogP contribution in [-0.2, 0) is 16.7 Å². The molecule has 1 aliphatic carbocycles. The lowest BCUT2D eigenvalue weighted by Crippen LogP contribution is -2.39. The van der Waals surface area contributed by atoms with Crippen LogP contribution in [0.25, 0.3) is 0 Å². The second kappa shape index (κ2) is 7.44. The van der Waals surface area contributed by atoms with E-state index in [0.29, 0.717) is 12.5 Å². The highest BCUT2D eigenvalue weighted by Gasteiger charge is 2.41. The van der Waals surface area contributed by atoms with Crippen molar-refractivity contribution in [3.8, 4) is 0 Å². The fourth-order valence-electron chi connectivity index (χ4n) is 3.55. The molecule has 0 radical (unpaired) electrons. The van der Waals surface area contributed by atoms with Crippen molar-refractivity contribution in [3.05, 3.63) is 35.4 Å². The van der Waals surface area contributed by atoms with Crippen LogP contribution in [0.15, 0.2) is 24.3 Å². The molecule has 1 aromatic rings. The van der Waals surface area contributed by atoms with Crippen molar-refractivity contribution in [1.82, 2.24) is 5.32 Å². The van der Waals surface area contributed by atoms with Crippen LogP contribution in [0.4, 0.5) is 0 Å². The Morgan fingerprint density at radius 1 is 1.29 bits per heavy atom. The van der Waals surface area contributed by atoms with E-state index in [-0.39, 0.29) is 11.3 Å². The molecule has 3 heteroatoms. The predicted octanol–water partition coefficient (Wildman–Crippen LogP) is 4.80. The van der Waals surface area contributed by atoms with E-state index in [2.05, 4.69) is 59.4 Å². The molecule has 2 nitrogen and oxygen atoms in total. The SMILES string of the molecule is CC(C)CC1(C(=O)NCc2cccc(CBr)c2)CCCC1. The summed E-state index contributed by atoms with van der Waals surface area (Å²) in [6.45, 7) is 5.07. The average Bonchev–Trinajstić information content (AvgIpc) is 2.94. The first-order valence-corrected chi connectivity index (χ1v) is 9.10. The van der Waals surface area contributed by atoms with E-state index in [4.69, 9.17) is 0 Å². The van der Waals surface area contributed by atoms with Crippen molar-refractivity contribution >= 4 is 21.8 Å². The molecule has 1 aliphatic rings. The molecule has 1 amide bonds. The molecule has 1 N–H and O–H groups in total. The summed E-state index contributed by atoms with van der Waals surface area (Å²) in [4.78, 5) is 12.7. The third-order valence-electron chi connectivity index (χ3n) is 4.44. The van der Waals surface area contributed by atoms with Gasteiger partial charge >= 0.3 is 0 Å². The van der Waals surface area contributed by atoms with Gasteiger partial charge in [-0.05, 0) is 36.3 Å². The van der Waals surface area contributed by atoms with Gasteiger partial charge in [-0.15, -0.1) is 0 Å². The van der Waals surface area contributed by atoms with E-state index in [0.717, 1.165) is 24.6 Å². The van der Waals surface area contributed by atoms with Crippen LogP contribution in [0.3, 0.4) is 0 Å². The van der Waals surface area contributed by atoms with Crippen LogP contribution in [0, 0.1) is 11.3 Å². The van der Waals surface area contributed by atoms with E-state index in [1.54, 1.807) is 0 Å². The molecular formula is C18H26BrNO. The lowest BCUT2D eigenvalue weighted by molar-refractivity contribution is -0.132. The van der Waals surface area contributed by atoms with E-state index in [1.165, 1.54) is 24.0 Å². The number of halogens is 1. The number of nitrogens with one attached hydrogen (secondary N) is 1. The molecule has 2 rings (SSSR count). The summed E-state index contributed by atoms with van der Waals surface area (Å²) in [7, 11) is 0. The molecule has 0 bridgehead atoms. The number of carbonyl (C=O) groups is 1. The fourth-order valence-corrected chi connectivity index (χ4v) is 3.90. The first-order chi connectivity index (χ1) is 10.1.